The van der Waals surface area contributed by atoms with Crippen molar-refractivity contribution < 1.29 is 0 Å². The first-order valence-electron chi connectivity index (χ1n) is 7.52. The number of nitrogens with zero attached hydrogens (tertiary/aromatic N) is 3. The molecule has 0 saturated carbocycles. The number of hydrogen-bond donors (Lipinski definition) is 0. The third kappa shape index (κ3) is 2.80. The number of hydrogen-bond acceptors (Lipinski definition) is 4. The van der Waals surface area contributed by atoms with Gasteiger partial charge in [0, 0.05) is 43.4 Å². The van der Waals surface area contributed by atoms with Crippen molar-refractivity contribution >= 4 is 11.3 Å². The van der Waals surface area contributed by atoms with E-state index in [9.17, 15) is 0 Å². The van der Waals surface area contributed by atoms with Crippen molar-refractivity contribution in [3.63, 3.8) is 0 Å². The predicted octanol–water partition coefficient (Wildman–Crippen LogP) is 3.76. The molecule has 0 fully saturated rings. The minimum absolute atomic E-state index is 0.839. The number of fused-ring (bicyclic) bond motifs is 1. The van der Waals surface area contributed by atoms with Gasteiger partial charge in [-0.2, -0.15) is 11.3 Å². The SMILES string of the molecule is c1ccc(-c2ncc3c(n2)CCN(Cc2ccsc2)C3)cc1. The second-order valence-electron chi connectivity index (χ2n) is 5.62. The standard InChI is InChI=1S/C18H17N3S/c1-2-4-15(5-3-1)18-19-10-16-12-21(8-6-17(16)20-18)11-14-7-9-22-13-14/h1-5,7,9-10,13H,6,8,11-12H2. The Bertz CT molecular complexity index is 753. The fourth-order valence-corrected chi connectivity index (χ4v) is 3.54. The van der Waals surface area contributed by atoms with Gasteiger partial charge in [-0.1, -0.05) is 30.3 Å². The number of aromatic nitrogens is 2. The molecule has 4 rings (SSSR count). The Hall–Kier alpha value is -2.04. The lowest BCUT2D eigenvalue weighted by Crippen LogP contribution is -2.30. The molecule has 0 aliphatic carbocycles. The fraction of sp³-hybridized carbons (Fsp3) is 0.222. The van der Waals surface area contributed by atoms with Crippen LogP contribution in [0.3, 0.4) is 0 Å². The lowest BCUT2D eigenvalue weighted by atomic mass is 10.1. The maximum Gasteiger partial charge on any atom is 0.159 e. The summed E-state index contributed by atoms with van der Waals surface area (Å²) in [6.07, 6.45) is 3.01. The molecule has 4 heteroatoms. The molecule has 1 aliphatic rings. The minimum atomic E-state index is 0.839. The Balaban J connectivity index is 1.54. The van der Waals surface area contributed by atoms with E-state index in [-0.39, 0.29) is 0 Å². The first-order chi connectivity index (χ1) is 10.9. The Morgan fingerprint density at radius 1 is 1.14 bits per heavy atom. The van der Waals surface area contributed by atoms with E-state index in [0.29, 0.717) is 0 Å². The van der Waals surface area contributed by atoms with Crippen molar-refractivity contribution in [2.45, 2.75) is 19.5 Å². The van der Waals surface area contributed by atoms with E-state index in [1.807, 2.05) is 24.4 Å². The third-order valence-corrected chi connectivity index (χ3v) is 4.76. The fourth-order valence-electron chi connectivity index (χ4n) is 2.88. The summed E-state index contributed by atoms with van der Waals surface area (Å²) in [5, 5.41) is 4.37. The molecule has 0 amide bonds. The zero-order chi connectivity index (χ0) is 14.8. The van der Waals surface area contributed by atoms with Crippen molar-refractivity contribution in [1.82, 2.24) is 14.9 Å². The molecule has 2 aromatic heterocycles. The first-order valence-corrected chi connectivity index (χ1v) is 8.46. The van der Waals surface area contributed by atoms with Gasteiger partial charge in [-0.05, 0) is 22.4 Å². The zero-order valence-corrected chi connectivity index (χ0v) is 13.1. The maximum absolute atomic E-state index is 4.78. The van der Waals surface area contributed by atoms with Crippen LogP contribution in [0.2, 0.25) is 0 Å². The molecule has 3 nitrogen and oxygen atoms in total. The van der Waals surface area contributed by atoms with Crippen molar-refractivity contribution in [1.29, 1.82) is 0 Å². The van der Waals surface area contributed by atoms with E-state index in [1.165, 1.54) is 16.8 Å². The van der Waals surface area contributed by atoms with Gasteiger partial charge in [-0.3, -0.25) is 4.90 Å². The predicted molar refractivity (Wildman–Crippen MR) is 89.6 cm³/mol. The van der Waals surface area contributed by atoms with Gasteiger partial charge < -0.3 is 0 Å². The van der Waals surface area contributed by atoms with Crippen LogP contribution in [0.4, 0.5) is 0 Å². The van der Waals surface area contributed by atoms with Crippen LogP contribution in [0.15, 0.2) is 53.4 Å². The summed E-state index contributed by atoms with van der Waals surface area (Å²) in [6, 6.07) is 12.4. The third-order valence-electron chi connectivity index (χ3n) is 4.03. The molecule has 0 bridgehead atoms. The van der Waals surface area contributed by atoms with Crippen LogP contribution in [-0.2, 0) is 19.5 Å². The highest BCUT2D eigenvalue weighted by Crippen LogP contribution is 2.22. The number of benzene rings is 1. The molecule has 0 spiro atoms. The lowest BCUT2D eigenvalue weighted by molar-refractivity contribution is 0.243. The number of thiophene rings is 1. The summed E-state index contributed by atoms with van der Waals surface area (Å²) < 4.78 is 0. The van der Waals surface area contributed by atoms with Crippen molar-refractivity contribution in [2.75, 3.05) is 6.54 Å². The van der Waals surface area contributed by atoms with Crippen molar-refractivity contribution in [3.05, 3.63) is 70.2 Å². The van der Waals surface area contributed by atoms with Gasteiger partial charge in [0.05, 0.1) is 5.69 Å². The van der Waals surface area contributed by atoms with Crippen molar-refractivity contribution in [3.8, 4) is 11.4 Å². The molecule has 0 saturated heterocycles. The first kappa shape index (κ1) is 13.6. The van der Waals surface area contributed by atoms with Crippen LogP contribution in [0.25, 0.3) is 11.4 Å². The molecule has 0 atom stereocenters. The van der Waals surface area contributed by atoms with Crippen LogP contribution in [0.5, 0.6) is 0 Å². The molecule has 3 heterocycles. The summed E-state index contributed by atoms with van der Waals surface area (Å²) in [5.74, 6) is 0.839. The quantitative estimate of drug-likeness (QED) is 0.737. The highest BCUT2D eigenvalue weighted by molar-refractivity contribution is 7.07. The van der Waals surface area contributed by atoms with Gasteiger partial charge in [0.1, 0.15) is 0 Å². The van der Waals surface area contributed by atoms with E-state index in [4.69, 9.17) is 4.98 Å². The van der Waals surface area contributed by atoms with Crippen LogP contribution in [0, 0.1) is 0 Å². The molecule has 0 unspecified atom stereocenters. The molecule has 1 aromatic carbocycles. The van der Waals surface area contributed by atoms with Crippen LogP contribution in [-0.4, -0.2) is 21.4 Å². The highest BCUT2D eigenvalue weighted by Gasteiger charge is 2.18. The van der Waals surface area contributed by atoms with Crippen LogP contribution >= 0.6 is 11.3 Å². The summed E-state index contributed by atoms with van der Waals surface area (Å²) >= 11 is 1.76. The molecule has 22 heavy (non-hydrogen) atoms. The monoisotopic (exact) mass is 307 g/mol. The average Bonchev–Trinajstić information content (AvgIpc) is 3.08. The largest absolute Gasteiger partial charge is 0.294 e. The molecule has 0 N–H and O–H groups in total. The average molecular weight is 307 g/mol. The smallest absolute Gasteiger partial charge is 0.159 e. The molecule has 0 radical (unpaired) electrons. The highest BCUT2D eigenvalue weighted by atomic mass is 32.1. The second-order valence-corrected chi connectivity index (χ2v) is 6.40. The molecule has 1 aliphatic heterocycles. The van der Waals surface area contributed by atoms with E-state index in [0.717, 1.165) is 37.4 Å². The van der Waals surface area contributed by atoms with E-state index in [1.54, 1.807) is 11.3 Å². The summed E-state index contributed by atoms with van der Waals surface area (Å²) in [4.78, 5) is 11.8. The van der Waals surface area contributed by atoms with E-state index >= 15 is 0 Å². The van der Waals surface area contributed by atoms with Gasteiger partial charge >= 0.3 is 0 Å². The van der Waals surface area contributed by atoms with E-state index < -0.39 is 0 Å². The number of rotatable bonds is 3. The second kappa shape index (κ2) is 5.99. The molecule has 3 aromatic rings. The lowest BCUT2D eigenvalue weighted by Gasteiger charge is -2.27. The van der Waals surface area contributed by atoms with Gasteiger partial charge in [-0.25, -0.2) is 9.97 Å². The zero-order valence-electron chi connectivity index (χ0n) is 12.3. The normalized spacial score (nSPS) is 14.7. The van der Waals surface area contributed by atoms with Gasteiger partial charge in [0.25, 0.3) is 0 Å². The molecular weight excluding hydrogens is 290 g/mol. The summed E-state index contributed by atoms with van der Waals surface area (Å²) in [5.41, 5.74) is 4.96. The molecule has 110 valence electrons. The molecular formula is C18H17N3S. The maximum atomic E-state index is 4.78. The Morgan fingerprint density at radius 2 is 2.05 bits per heavy atom. The Labute approximate surface area is 134 Å². The summed E-state index contributed by atoms with van der Waals surface area (Å²) in [7, 11) is 0. The minimum Gasteiger partial charge on any atom is -0.294 e. The Morgan fingerprint density at radius 3 is 2.86 bits per heavy atom. The van der Waals surface area contributed by atoms with E-state index in [2.05, 4.69) is 38.8 Å². The van der Waals surface area contributed by atoms with Gasteiger partial charge in [0.2, 0.25) is 0 Å². The topological polar surface area (TPSA) is 29.0 Å². The Kier molecular flexibility index (Phi) is 3.70. The van der Waals surface area contributed by atoms with Crippen molar-refractivity contribution in [2.24, 2.45) is 0 Å². The summed E-state index contributed by atoms with van der Waals surface area (Å²) in [6.45, 7) is 3.03. The van der Waals surface area contributed by atoms with Gasteiger partial charge in [-0.15, -0.1) is 0 Å². The van der Waals surface area contributed by atoms with Crippen LogP contribution < -0.4 is 0 Å². The van der Waals surface area contributed by atoms with Crippen LogP contribution in [0.1, 0.15) is 16.8 Å². The van der Waals surface area contributed by atoms with Gasteiger partial charge in [0.15, 0.2) is 5.82 Å².